The third kappa shape index (κ3) is 6.49. The van der Waals surface area contributed by atoms with Crippen molar-refractivity contribution in [2.45, 2.75) is 25.7 Å². The maximum atomic E-state index is 2.46. The van der Waals surface area contributed by atoms with Crippen LogP contribution in [0.3, 0.4) is 0 Å². The molecule has 0 heterocycles. The summed E-state index contributed by atoms with van der Waals surface area (Å²) in [5, 5.41) is 5.03. The topological polar surface area (TPSA) is 6.48 Å². The summed E-state index contributed by atoms with van der Waals surface area (Å²) in [6, 6.07) is 57.6. The molecule has 2 heteroatoms. The summed E-state index contributed by atoms with van der Waals surface area (Å²) in [7, 11) is 2.18. The molecule has 2 nitrogen and oxygen atoms in total. The summed E-state index contributed by atoms with van der Waals surface area (Å²) < 4.78 is 0. The molecule has 0 spiro atoms. The molecule has 2 aliphatic rings. The van der Waals surface area contributed by atoms with Gasteiger partial charge in [-0.05, 0) is 118 Å². The van der Waals surface area contributed by atoms with E-state index in [2.05, 4.69) is 205 Å². The minimum Gasteiger partial charge on any atom is -0.344 e. The Hall–Kier alpha value is -6.38. The Kier molecular flexibility index (Phi) is 8.79. The van der Waals surface area contributed by atoms with E-state index >= 15 is 0 Å². The van der Waals surface area contributed by atoms with Gasteiger partial charge < -0.3 is 9.80 Å². The standard InChI is InChI=1S/C51H42N2/c1-52(51-49-24-10-8-18-43(49)34-44-19-9-11-25-50(44)51)45-30-26-39(27-31-45)40-28-32-46(33-29-40)53(47-22-12-20-41(35-47)37-14-4-2-5-15-37)48-23-13-21-42(36-48)38-16-6-3-7-17-38/h2,4-6,8-11,13-21,23-36H,3,7,12,22H2,1H3. The van der Waals surface area contributed by atoms with E-state index in [1.165, 1.54) is 77.7 Å². The van der Waals surface area contributed by atoms with Crippen molar-refractivity contribution in [1.29, 1.82) is 0 Å². The summed E-state index contributed by atoms with van der Waals surface area (Å²) in [6.07, 6.45) is 15.9. The number of rotatable bonds is 8. The predicted molar refractivity (Wildman–Crippen MR) is 228 cm³/mol. The Balaban J connectivity index is 1.05. The van der Waals surface area contributed by atoms with Crippen LogP contribution < -0.4 is 9.80 Å². The first kappa shape index (κ1) is 32.5. The Morgan fingerprint density at radius 1 is 0.453 bits per heavy atom. The fraction of sp³-hybridized carbons (Fsp3) is 0.0980. The molecule has 0 fully saturated rings. The lowest BCUT2D eigenvalue weighted by molar-refractivity contribution is 0.921. The predicted octanol–water partition coefficient (Wildman–Crippen LogP) is 14.1. The summed E-state index contributed by atoms with van der Waals surface area (Å²) in [5.41, 5.74) is 13.6. The number of allylic oxidation sites excluding steroid dienone is 8. The van der Waals surface area contributed by atoms with Crippen LogP contribution in [-0.2, 0) is 0 Å². The molecule has 0 radical (unpaired) electrons. The number of hydrogen-bond acceptors (Lipinski definition) is 2. The van der Waals surface area contributed by atoms with Crippen molar-refractivity contribution in [3.05, 3.63) is 205 Å². The van der Waals surface area contributed by atoms with E-state index in [9.17, 15) is 0 Å². The molecule has 0 amide bonds. The quantitative estimate of drug-likeness (QED) is 0.147. The van der Waals surface area contributed by atoms with Gasteiger partial charge in [0.1, 0.15) is 0 Å². The highest BCUT2D eigenvalue weighted by atomic mass is 15.1. The molecule has 0 saturated carbocycles. The minimum atomic E-state index is 0.978. The lowest BCUT2D eigenvalue weighted by Crippen LogP contribution is -2.18. The van der Waals surface area contributed by atoms with Gasteiger partial charge >= 0.3 is 0 Å². The van der Waals surface area contributed by atoms with Crippen LogP contribution in [0.25, 0.3) is 43.8 Å². The largest absolute Gasteiger partial charge is 0.344 e. The monoisotopic (exact) mass is 682 g/mol. The number of hydrogen-bond donors (Lipinski definition) is 0. The molecule has 0 bridgehead atoms. The second-order valence-electron chi connectivity index (χ2n) is 14.0. The fourth-order valence-corrected chi connectivity index (χ4v) is 7.99. The average molecular weight is 683 g/mol. The van der Waals surface area contributed by atoms with Gasteiger partial charge in [-0.1, -0.05) is 140 Å². The van der Waals surface area contributed by atoms with Crippen LogP contribution in [0.2, 0.25) is 0 Å². The summed E-state index contributed by atoms with van der Waals surface area (Å²) in [6.45, 7) is 0. The van der Waals surface area contributed by atoms with E-state index < -0.39 is 0 Å². The van der Waals surface area contributed by atoms with Crippen LogP contribution in [0.4, 0.5) is 22.7 Å². The van der Waals surface area contributed by atoms with Gasteiger partial charge in [0, 0.05) is 40.6 Å². The molecular formula is C51H42N2. The molecular weight excluding hydrogens is 641 g/mol. The van der Waals surface area contributed by atoms with Crippen LogP contribution in [0.5, 0.6) is 0 Å². The molecule has 0 N–H and O–H groups in total. The van der Waals surface area contributed by atoms with E-state index in [1.54, 1.807) is 0 Å². The van der Waals surface area contributed by atoms with Gasteiger partial charge in [0.05, 0.1) is 5.69 Å². The van der Waals surface area contributed by atoms with Crippen LogP contribution in [0.15, 0.2) is 194 Å². The van der Waals surface area contributed by atoms with Crippen molar-refractivity contribution >= 4 is 55.4 Å². The van der Waals surface area contributed by atoms with Crippen molar-refractivity contribution in [2.24, 2.45) is 0 Å². The van der Waals surface area contributed by atoms with Crippen molar-refractivity contribution < 1.29 is 0 Å². The van der Waals surface area contributed by atoms with Gasteiger partial charge in [-0.2, -0.15) is 0 Å². The minimum absolute atomic E-state index is 0.978. The Bertz CT molecular complexity index is 2500. The smallest absolute Gasteiger partial charge is 0.0567 e. The first-order chi connectivity index (χ1) is 26.2. The van der Waals surface area contributed by atoms with E-state index in [0.717, 1.165) is 31.4 Å². The number of anilines is 4. The van der Waals surface area contributed by atoms with Crippen molar-refractivity contribution in [3.63, 3.8) is 0 Å². The third-order valence-corrected chi connectivity index (χ3v) is 10.7. The van der Waals surface area contributed by atoms with Gasteiger partial charge in [-0.3, -0.25) is 0 Å². The third-order valence-electron chi connectivity index (χ3n) is 10.7. The summed E-state index contributed by atoms with van der Waals surface area (Å²) in [4.78, 5) is 4.79. The van der Waals surface area contributed by atoms with Crippen LogP contribution in [0, 0.1) is 0 Å². The van der Waals surface area contributed by atoms with E-state index in [1.807, 2.05) is 0 Å². The lowest BCUT2D eigenvalue weighted by Gasteiger charge is -2.30. The summed E-state index contributed by atoms with van der Waals surface area (Å²) in [5.74, 6) is 0. The van der Waals surface area contributed by atoms with Crippen molar-refractivity contribution in [3.8, 4) is 11.1 Å². The molecule has 53 heavy (non-hydrogen) atoms. The second kappa shape index (κ2) is 14.3. The molecule has 0 unspecified atom stereocenters. The molecule has 0 saturated heterocycles. The fourth-order valence-electron chi connectivity index (χ4n) is 7.99. The second-order valence-corrected chi connectivity index (χ2v) is 14.0. The van der Waals surface area contributed by atoms with Crippen molar-refractivity contribution in [1.82, 2.24) is 0 Å². The maximum Gasteiger partial charge on any atom is 0.0567 e. The molecule has 0 atom stereocenters. The highest BCUT2D eigenvalue weighted by molar-refractivity contribution is 6.12. The highest BCUT2D eigenvalue weighted by Crippen LogP contribution is 2.41. The zero-order valence-electron chi connectivity index (χ0n) is 30.1. The Morgan fingerprint density at radius 2 is 1.08 bits per heavy atom. The van der Waals surface area contributed by atoms with Gasteiger partial charge in [0.15, 0.2) is 0 Å². The lowest BCUT2D eigenvalue weighted by atomic mass is 9.95. The molecule has 256 valence electrons. The first-order valence-electron chi connectivity index (χ1n) is 18.8. The van der Waals surface area contributed by atoms with E-state index in [0.29, 0.717) is 0 Å². The number of benzene rings is 7. The summed E-state index contributed by atoms with van der Waals surface area (Å²) >= 11 is 0. The van der Waals surface area contributed by atoms with Crippen molar-refractivity contribution in [2.75, 3.05) is 16.8 Å². The van der Waals surface area contributed by atoms with E-state index in [-0.39, 0.29) is 0 Å². The molecule has 2 aliphatic carbocycles. The normalized spacial score (nSPS) is 14.1. The Labute approximate surface area is 313 Å². The number of fused-ring (bicyclic) bond motifs is 2. The zero-order chi connectivity index (χ0) is 35.6. The SMILES string of the molecule is CN(c1ccc(-c2ccc(N(C3=CC(c4ccccc4)=CCC3)c3cccc(C4=CCCC=C4)c3)cc2)cc1)c1c2ccccc2cc2ccccc12. The molecule has 0 aliphatic heterocycles. The zero-order valence-corrected chi connectivity index (χ0v) is 30.1. The number of nitrogens with zero attached hydrogens (tertiary/aromatic N) is 2. The molecule has 7 aromatic rings. The molecule has 0 aromatic heterocycles. The van der Waals surface area contributed by atoms with Gasteiger partial charge in [0.25, 0.3) is 0 Å². The molecule has 9 rings (SSSR count). The van der Waals surface area contributed by atoms with Gasteiger partial charge in [-0.25, -0.2) is 0 Å². The average Bonchev–Trinajstić information content (AvgIpc) is 3.24. The molecule has 7 aromatic carbocycles. The first-order valence-corrected chi connectivity index (χ1v) is 18.8. The van der Waals surface area contributed by atoms with Gasteiger partial charge in [-0.15, -0.1) is 0 Å². The van der Waals surface area contributed by atoms with Crippen LogP contribution >= 0.6 is 0 Å². The van der Waals surface area contributed by atoms with Crippen LogP contribution in [-0.4, -0.2) is 7.05 Å². The van der Waals surface area contributed by atoms with Crippen LogP contribution in [0.1, 0.15) is 36.8 Å². The highest BCUT2D eigenvalue weighted by Gasteiger charge is 2.19. The maximum absolute atomic E-state index is 2.46. The Morgan fingerprint density at radius 3 is 1.75 bits per heavy atom. The van der Waals surface area contributed by atoms with E-state index in [4.69, 9.17) is 0 Å². The van der Waals surface area contributed by atoms with Gasteiger partial charge in [0.2, 0.25) is 0 Å².